The van der Waals surface area contributed by atoms with Crippen molar-refractivity contribution in [2.45, 2.75) is 4.90 Å². The average Bonchev–Trinajstić information content (AvgIpc) is 2.39. The molecule has 1 aromatic carbocycles. The summed E-state index contributed by atoms with van der Waals surface area (Å²) in [6.45, 7) is 0. The third-order valence-electron chi connectivity index (χ3n) is 2.50. The van der Waals surface area contributed by atoms with Gasteiger partial charge in [0, 0.05) is 12.3 Å². The van der Waals surface area contributed by atoms with Crippen LogP contribution in [-0.2, 0) is 10.0 Å². The van der Waals surface area contributed by atoms with Crippen molar-refractivity contribution in [3.8, 4) is 0 Å². The van der Waals surface area contributed by atoms with Crippen LogP contribution in [0.2, 0.25) is 0 Å². The Morgan fingerprint density at radius 3 is 2.45 bits per heavy atom. The van der Waals surface area contributed by atoms with E-state index in [0.29, 0.717) is 0 Å². The molecule has 0 aliphatic rings. The van der Waals surface area contributed by atoms with E-state index >= 15 is 0 Å². The zero-order chi connectivity index (χ0) is 14.8. The fourth-order valence-electron chi connectivity index (χ4n) is 1.55. The Balaban J connectivity index is 2.41. The number of sulfonamides is 1. The first-order valence-electron chi connectivity index (χ1n) is 5.50. The van der Waals surface area contributed by atoms with E-state index in [-0.39, 0.29) is 16.1 Å². The maximum atomic E-state index is 12.1. The minimum atomic E-state index is -3.91. The molecule has 4 N–H and O–H groups in total. The molecule has 2 rings (SSSR count). The molecular formula is C12H11N3O4S. The molecule has 0 aliphatic carbocycles. The van der Waals surface area contributed by atoms with E-state index in [1.54, 1.807) is 12.1 Å². The summed E-state index contributed by atoms with van der Waals surface area (Å²) in [7, 11) is -3.91. The van der Waals surface area contributed by atoms with Crippen molar-refractivity contribution in [1.29, 1.82) is 0 Å². The molecule has 104 valence electrons. The van der Waals surface area contributed by atoms with Gasteiger partial charge in [-0.2, -0.15) is 0 Å². The van der Waals surface area contributed by atoms with Crippen LogP contribution in [-0.4, -0.2) is 19.3 Å². The van der Waals surface area contributed by atoms with Gasteiger partial charge in [0.25, 0.3) is 15.9 Å². The van der Waals surface area contributed by atoms with Crippen molar-refractivity contribution >= 4 is 21.6 Å². The molecule has 0 unspecified atom stereocenters. The number of hydrogen-bond acceptors (Lipinski definition) is 4. The van der Waals surface area contributed by atoms with Gasteiger partial charge in [0.15, 0.2) is 0 Å². The van der Waals surface area contributed by atoms with Crippen molar-refractivity contribution in [3.63, 3.8) is 0 Å². The number of anilines is 1. The lowest BCUT2D eigenvalue weighted by Gasteiger charge is -2.10. The topological polar surface area (TPSA) is 122 Å². The molecule has 0 radical (unpaired) electrons. The minimum Gasteiger partial charge on any atom is -0.366 e. The molecule has 0 spiro atoms. The fourth-order valence-corrected chi connectivity index (χ4v) is 2.60. The molecule has 0 atom stereocenters. The number of carbonyl (C=O) groups excluding carboxylic acids is 1. The van der Waals surface area contributed by atoms with Crippen LogP contribution in [0.3, 0.4) is 0 Å². The number of nitrogens with two attached hydrogens (primary N) is 1. The Labute approximate surface area is 114 Å². The number of amides is 1. The SMILES string of the molecule is NC(=O)c1ccccc1NS(=O)(=O)c1ccc(=O)[nH]c1. The molecule has 1 aromatic heterocycles. The standard InChI is InChI=1S/C12H11N3O4S/c13-12(17)9-3-1-2-4-10(9)15-20(18,19)8-5-6-11(16)14-7-8/h1-7,15H,(H2,13,17)(H,14,16). The van der Waals surface area contributed by atoms with Gasteiger partial charge >= 0.3 is 0 Å². The van der Waals surface area contributed by atoms with Crippen LogP contribution < -0.4 is 16.0 Å². The fraction of sp³-hybridized carbons (Fsp3) is 0. The predicted octanol–water partition coefficient (Wildman–Crippen LogP) is 0.275. The lowest BCUT2D eigenvalue weighted by molar-refractivity contribution is 0.100. The Morgan fingerprint density at radius 2 is 1.85 bits per heavy atom. The molecule has 8 heteroatoms. The molecule has 2 aromatic rings. The van der Waals surface area contributed by atoms with Crippen molar-refractivity contribution in [1.82, 2.24) is 4.98 Å². The molecule has 0 fully saturated rings. The summed E-state index contributed by atoms with van der Waals surface area (Å²) in [5.41, 5.74) is 4.89. The van der Waals surface area contributed by atoms with E-state index in [0.717, 1.165) is 18.3 Å². The highest BCUT2D eigenvalue weighted by Crippen LogP contribution is 2.18. The molecule has 7 nitrogen and oxygen atoms in total. The van der Waals surface area contributed by atoms with Crippen molar-refractivity contribution in [2.24, 2.45) is 5.73 Å². The number of benzene rings is 1. The quantitative estimate of drug-likeness (QED) is 0.749. The number of H-pyrrole nitrogens is 1. The number of primary amides is 1. The Hall–Kier alpha value is -2.61. The van der Waals surface area contributed by atoms with Crippen LogP contribution in [0.5, 0.6) is 0 Å². The number of rotatable bonds is 4. The summed E-state index contributed by atoms with van der Waals surface area (Å²) < 4.78 is 26.5. The van der Waals surface area contributed by atoms with Gasteiger partial charge < -0.3 is 10.7 Å². The lowest BCUT2D eigenvalue weighted by Crippen LogP contribution is -2.19. The van der Waals surface area contributed by atoms with Gasteiger partial charge in [0.2, 0.25) is 5.56 Å². The number of pyridine rings is 1. The van der Waals surface area contributed by atoms with Crippen LogP contribution in [0.15, 0.2) is 52.3 Å². The highest BCUT2D eigenvalue weighted by Gasteiger charge is 2.17. The number of carbonyl (C=O) groups is 1. The maximum absolute atomic E-state index is 12.1. The highest BCUT2D eigenvalue weighted by atomic mass is 32.2. The monoisotopic (exact) mass is 293 g/mol. The first kappa shape index (κ1) is 13.8. The van der Waals surface area contributed by atoms with E-state index < -0.39 is 21.5 Å². The molecule has 0 saturated carbocycles. The largest absolute Gasteiger partial charge is 0.366 e. The zero-order valence-electron chi connectivity index (χ0n) is 10.2. The average molecular weight is 293 g/mol. The van der Waals surface area contributed by atoms with Gasteiger partial charge in [0.1, 0.15) is 4.90 Å². The van der Waals surface area contributed by atoms with Crippen molar-refractivity contribution in [3.05, 3.63) is 58.5 Å². The number of hydrogen-bond donors (Lipinski definition) is 3. The Kier molecular flexibility index (Phi) is 3.57. The van der Waals surface area contributed by atoms with E-state index in [1.165, 1.54) is 12.1 Å². The van der Waals surface area contributed by atoms with Gasteiger partial charge in [0.05, 0.1) is 11.3 Å². The van der Waals surface area contributed by atoms with Crippen LogP contribution in [0.25, 0.3) is 0 Å². The summed E-state index contributed by atoms with van der Waals surface area (Å²) in [6, 6.07) is 8.22. The van der Waals surface area contributed by atoms with E-state index in [2.05, 4.69) is 9.71 Å². The Morgan fingerprint density at radius 1 is 1.15 bits per heavy atom. The lowest BCUT2D eigenvalue weighted by atomic mass is 10.2. The normalized spacial score (nSPS) is 11.0. The van der Waals surface area contributed by atoms with E-state index in [1.807, 2.05) is 0 Å². The summed E-state index contributed by atoms with van der Waals surface area (Å²) in [5, 5.41) is 0. The molecule has 0 saturated heterocycles. The molecule has 0 bridgehead atoms. The maximum Gasteiger partial charge on any atom is 0.263 e. The van der Waals surface area contributed by atoms with Crippen LogP contribution in [0, 0.1) is 0 Å². The van der Waals surface area contributed by atoms with E-state index in [4.69, 9.17) is 5.73 Å². The minimum absolute atomic E-state index is 0.0560. The third-order valence-corrected chi connectivity index (χ3v) is 3.87. The molecule has 20 heavy (non-hydrogen) atoms. The molecular weight excluding hydrogens is 282 g/mol. The smallest absolute Gasteiger partial charge is 0.263 e. The second kappa shape index (κ2) is 5.17. The zero-order valence-corrected chi connectivity index (χ0v) is 11.0. The van der Waals surface area contributed by atoms with Gasteiger partial charge in [-0.1, -0.05) is 12.1 Å². The molecule has 1 amide bonds. The van der Waals surface area contributed by atoms with Crippen molar-refractivity contribution < 1.29 is 13.2 Å². The van der Waals surface area contributed by atoms with Gasteiger partial charge in [-0.05, 0) is 18.2 Å². The Bertz CT molecular complexity index is 791. The van der Waals surface area contributed by atoms with E-state index in [9.17, 15) is 18.0 Å². The van der Waals surface area contributed by atoms with Gasteiger partial charge in [-0.25, -0.2) is 8.42 Å². The summed E-state index contributed by atoms with van der Waals surface area (Å²) in [6.07, 6.45) is 1.07. The number of aromatic amines is 1. The first-order valence-corrected chi connectivity index (χ1v) is 6.99. The van der Waals surface area contributed by atoms with Crippen molar-refractivity contribution in [2.75, 3.05) is 4.72 Å². The predicted molar refractivity (Wildman–Crippen MR) is 72.8 cm³/mol. The van der Waals surface area contributed by atoms with Gasteiger partial charge in [-0.3, -0.25) is 14.3 Å². The summed E-state index contributed by atoms with van der Waals surface area (Å²) in [5.74, 6) is -0.746. The molecule has 0 aliphatic heterocycles. The molecule has 1 heterocycles. The second-order valence-corrected chi connectivity index (χ2v) is 5.59. The van der Waals surface area contributed by atoms with Crippen LogP contribution in [0.4, 0.5) is 5.69 Å². The highest BCUT2D eigenvalue weighted by molar-refractivity contribution is 7.92. The second-order valence-electron chi connectivity index (χ2n) is 3.90. The van der Waals surface area contributed by atoms with Gasteiger partial charge in [-0.15, -0.1) is 0 Å². The summed E-state index contributed by atoms with van der Waals surface area (Å²) >= 11 is 0. The van der Waals surface area contributed by atoms with Crippen LogP contribution >= 0.6 is 0 Å². The third kappa shape index (κ3) is 2.86. The first-order chi connectivity index (χ1) is 9.40. The van der Waals surface area contributed by atoms with Crippen LogP contribution in [0.1, 0.15) is 10.4 Å². The number of para-hydroxylation sites is 1. The number of aromatic nitrogens is 1. The number of nitrogens with one attached hydrogen (secondary N) is 2. The summed E-state index contributed by atoms with van der Waals surface area (Å²) in [4.78, 5) is 24.3.